The summed E-state index contributed by atoms with van der Waals surface area (Å²) in [5.74, 6) is 0.936. The molecule has 6 heteroatoms. The summed E-state index contributed by atoms with van der Waals surface area (Å²) in [6.07, 6.45) is 6.44. The van der Waals surface area contributed by atoms with Crippen molar-refractivity contribution < 1.29 is 4.74 Å². The van der Waals surface area contributed by atoms with E-state index < -0.39 is 0 Å². The Bertz CT molecular complexity index is 513. The molecule has 1 heterocycles. The first-order valence-corrected chi connectivity index (χ1v) is 10.1. The maximum atomic E-state index is 5.61. The van der Waals surface area contributed by atoms with Crippen molar-refractivity contribution in [2.24, 2.45) is 10.4 Å². The number of ether oxygens (including phenoxy) is 1. The van der Waals surface area contributed by atoms with Crippen molar-refractivity contribution in [2.45, 2.75) is 59.4 Å². The summed E-state index contributed by atoms with van der Waals surface area (Å²) >= 11 is 1.82. The minimum atomic E-state index is 0. The summed E-state index contributed by atoms with van der Waals surface area (Å²) in [6, 6.07) is 4.34. The number of nitrogens with one attached hydrogen (secondary N) is 2. The third-order valence-corrected chi connectivity index (χ3v) is 5.79. The van der Waals surface area contributed by atoms with Gasteiger partial charge in [-0.3, -0.25) is 0 Å². The van der Waals surface area contributed by atoms with Crippen LogP contribution >= 0.6 is 35.3 Å². The van der Waals surface area contributed by atoms with Crippen LogP contribution in [0.1, 0.15) is 55.7 Å². The molecule has 4 nitrogen and oxygen atoms in total. The fourth-order valence-corrected chi connectivity index (χ4v) is 4.23. The molecule has 25 heavy (non-hydrogen) atoms. The van der Waals surface area contributed by atoms with Crippen LogP contribution in [0.3, 0.4) is 0 Å². The van der Waals surface area contributed by atoms with Crippen LogP contribution in [0.5, 0.6) is 0 Å². The van der Waals surface area contributed by atoms with Crippen LogP contribution in [0.25, 0.3) is 0 Å². The maximum Gasteiger partial charge on any atom is 0.191 e. The Morgan fingerprint density at radius 3 is 2.60 bits per heavy atom. The SMILES string of the molecule is CCNC(=NCc1ccc(C)s1)NCC1(CCOCC)CCCC1.I. The highest BCUT2D eigenvalue weighted by Gasteiger charge is 2.33. The number of hydrogen-bond donors (Lipinski definition) is 2. The Balaban J connectivity index is 0.00000312. The molecule has 0 atom stereocenters. The van der Waals surface area contributed by atoms with Gasteiger partial charge < -0.3 is 15.4 Å². The van der Waals surface area contributed by atoms with Gasteiger partial charge in [0, 0.05) is 36.1 Å². The van der Waals surface area contributed by atoms with Gasteiger partial charge in [0.15, 0.2) is 5.96 Å². The molecular weight excluding hydrogens is 445 g/mol. The number of thiophene rings is 1. The third kappa shape index (κ3) is 7.83. The first-order chi connectivity index (χ1) is 11.7. The first kappa shape index (κ1) is 22.7. The summed E-state index contributed by atoms with van der Waals surface area (Å²) < 4.78 is 5.61. The van der Waals surface area contributed by atoms with Crippen LogP contribution in [0.4, 0.5) is 0 Å². The zero-order valence-electron chi connectivity index (χ0n) is 15.9. The number of nitrogens with zero attached hydrogens (tertiary/aromatic N) is 1. The third-order valence-electron chi connectivity index (χ3n) is 4.81. The normalized spacial score (nSPS) is 16.5. The van der Waals surface area contributed by atoms with Crippen molar-refractivity contribution in [3.8, 4) is 0 Å². The van der Waals surface area contributed by atoms with E-state index in [1.54, 1.807) is 0 Å². The fraction of sp³-hybridized carbons (Fsp3) is 0.737. The minimum absolute atomic E-state index is 0. The Morgan fingerprint density at radius 2 is 2.00 bits per heavy atom. The van der Waals surface area contributed by atoms with Gasteiger partial charge in [-0.1, -0.05) is 12.8 Å². The van der Waals surface area contributed by atoms with E-state index in [2.05, 4.69) is 43.5 Å². The van der Waals surface area contributed by atoms with Gasteiger partial charge in [0.05, 0.1) is 6.54 Å². The summed E-state index contributed by atoms with van der Waals surface area (Å²) in [4.78, 5) is 7.42. The quantitative estimate of drug-likeness (QED) is 0.233. The van der Waals surface area contributed by atoms with Gasteiger partial charge in [0.2, 0.25) is 0 Å². The van der Waals surface area contributed by atoms with Crippen molar-refractivity contribution >= 4 is 41.3 Å². The molecule has 1 saturated carbocycles. The van der Waals surface area contributed by atoms with E-state index in [1.165, 1.54) is 35.4 Å². The van der Waals surface area contributed by atoms with Gasteiger partial charge in [-0.15, -0.1) is 35.3 Å². The number of rotatable bonds is 9. The molecule has 1 aromatic rings. The lowest BCUT2D eigenvalue weighted by Crippen LogP contribution is -2.43. The fourth-order valence-electron chi connectivity index (χ4n) is 3.41. The lowest BCUT2D eigenvalue weighted by atomic mass is 9.83. The Kier molecular flexibility index (Phi) is 11.0. The van der Waals surface area contributed by atoms with E-state index >= 15 is 0 Å². The number of halogens is 1. The van der Waals surface area contributed by atoms with Crippen LogP contribution < -0.4 is 10.6 Å². The molecule has 2 rings (SSSR count). The Hall–Kier alpha value is -0.340. The molecule has 0 spiro atoms. The number of aryl methyl sites for hydroxylation is 1. The Morgan fingerprint density at radius 1 is 1.24 bits per heavy atom. The molecule has 1 aliphatic carbocycles. The first-order valence-electron chi connectivity index (χ1n) is 9.33. The van der Waals surface area contributed by atoms with E-state index in [1.807, 2.05) is 11.3 Å². The minimum Gasteiger partial charge on any atom is -0.382 e. The van der Waals surface area contributed by atoms with E-state index in [4.69, 9.17) is 9.73 Å². The second-order valence-electron chi connectivity index (χ2n) is 6.72. The molecule has 0 saturated heterocycles. The molecule has 0 bridgehead atoms. The van der Waals surface area contributed by atoms with E-state index in [-0.39, 0.29) is 24.0 Å². The second-order valence-corrected chi connectivity index (χ2v) is 8.09. The largest absolute Gasteiger partial charge is 0.382 e. The van der Waals surface area contributed by atoms with Crippen LogP contribution in [-0.4, -0.2) is 32.3 Å². The van der Waals surface area contributed by atoms with Crippen molar-refractivity contribution in [3.63, 3.8) is 0 Å². The number of guanidine groups is 1. The van der Waals surface area contributed by atoms with E-state index in [0.717, 1.165) is 45.2 Å². The van der Waals surface area contributed by atoms with Crippen LogP contribution in [0, 0.1) is 12.3 Å². The smallest absolute Gasteiger partial charge is 0.191 e. The molecular formula is C19H34IN3OS. The molecule has 1 fully saturated rings. The van der Waals surface area contributed by atoms with Gasteiger partial charge >= 0.3 is 0 Å². The molecule has 0 radical (unpaired) electrons. The van der Waals surface area contributed by atoms with E-state index in [0.29, 0.717) is 5.41 Å². The van der Waals surface area contributed by atoms with Gasteiger partial charge in [0.25, 0.3) is 0 Å². The standard InChI is InChI=1S/C19H33N3OS.HI/c1-4-20-18(21-14-17-9-8-16(3)24-17)22-15-19(10-6-7-11-19)12-13-23-5-2;/h8-9H,4-7,10-15H2,1-3H3,(H2,20,21,22);1H. The number of hydrogen-bond acceptors (Lipinski definition) is 3. The summed E-state index contributed by atoms with van der Waals surface area (Å²) in [6.45, 7) is 10.7. The molecule has 0 unspecified atom stereocenters. The summed E-state index contributed by atoms with van der Waals surface area (Å²) in [5, 5.41) is 6.98. The second kappa shape index (κ2) is 12.1. The van der Waals surface area contributed by atoms with Crippen LogP contribution in [0.15, 0.2) is 17.1 Å². The highest BCUT2D eigenvalue weighted by molar-refractivity contribution is 14.0. The highest BCUT2D eigenvalue weighted by atomic mass is 127. The average Bonchev–Trinajstić information content (AvgIpc) is 3.20. The van der Waals surface area contributed by atoms with Crippen LogP contribution in [-0.2, 0) is 11.3 Å². The summed E-state index contributed by atoms with van der Waals surface area (Å²) in [5.41, 5.74) is 0.380. The van der Waals surface area contributed by atoms with Gasteiger partial charge in [-0.05, 0) is 57.6 Å². The van der Waals surface area contributed by atoms with E-state index in [9.17, 15) is 0 Å². The Labute approximate surface area is 174 Å². The molecule has 144 valence electrons. The molecule has 0 aliphatic heterocycles. The van der Waals surface area contributed by atoms with Crippen molar-refractivity contribution in [2.75, 3.05) is 26.3 Å². The van der Waals surface area contributed by atoms with Crippen molar-refractivity contribution in [1.29, 1.82) is 0 Å². The zero-order valence-corrected chi connectivity index (χ0v) is 19.0. The molecule has 0 aromatic carbocycles. The van der Waals surface area contributed by atoms with Crippen LogP contribution in [0.2, 0.25) is 0 Å². The molecule has 0 amide bonds. The molecule has 1 aromatic heterocycles. The molecule has 2 N–H and O–H groups in total. The van der Waals surface area contributed by atoms with Gasteiger partial charge in [0.1, 0.15) is 0 Å². The van der Waals surface area contributed by atoms with Crippen molar-refractivity contribution in [3.05, 3.63) is 21.9 Å². The van der Waals surface area contributed by atoms with Gasteiger partial charge in [-0.2, -0.15) is 0 Å². The lowest BCUT2D eigenvalue weighted by Gasteiger charge is -2.30. The zero-order chi connectivity index (χ0) is 17.3. The lowest BCUT2D eigenvalue weighted by molar-refractivity contribution is 0.105. The molecule has 1 aliphatic rings. The predicted molar refractivity (Wildman–Crippen MR) is 119 cm³/mol. The average molecular weight is 479 g/mol. The van der Waals surface area contributed by atoms with Gasteiger partial charge in [-0.25, -0.2) is 4.99 Å². The topological polar surface area (TPSA) is 45.7 Å². The predicted octanol–water partition coefficient (Wildman–Crippen LogP) is 4.72. The maximum absolute atomic E-state index is 5.61. The highest BCUT2D eigenvalue weighted by Crippen LogP contribution is 2.40. The number of aliphatic imine (C=N–C) groups is 1. The van der Waals surface area contributed by atoms with Crippen molar-refractivity contribution in [1.82, 2.24) is 10.6 Å². The summed E-state index contributed by atoms with van der Waals surface area (Å²) in [7, 11) is 0. The monoisotopic (exact) mass is 479 g/mol.